The molecule has 2 aromatic heterocycles. The van der Waals surface area contributed by atoms with E-state index in [0.29, 0.717) is 11.9 Å². The molecule has 0 saturated heterocycles. The number of imidazole rings is 1. The Morgan fingerprint density at radius 1 is 1.44 bits per heavy atom. The lowest BCUT2D eigenvalue weighted by Crippen LogP contribution is -2.10. The van der Waals surface area contributed by atoms with Gasteiger partial charge in [-0.05, 0) is 31.9 Å². The van der Waals surface area contributed by atoms with E-state index in [2.05, 4.69) is 30.3 Å². The Hall–Kier alpha value is -1.09. The number of pyridine rings is 1. The highest BCUT2D eigenvalue weighted by Crippen LogP contribution is 2.24. The highest BCUT2D eigenvalue weighted by Gasteiger charge is 2.16. The van der Waals surface area contributed by atoms with Gasteiger partial charge in [0.05, 0.1) is 0 Å². The average molecular weight is 266 g/mol. The van der Waals surface area contributed by atoms with Crippen molar-refractivity contribution in [2.45, 2.75) is 46.1 Å². The molecule has 0 radical (unpaired) electrons. The van der Waals surface area contributed by atoms with E-state index >= 15 is 0 Å². The number of aryl methyl sites for hydroxylation is 2. The van der Waals surface area contributed by atoms with Gasteiger partial charge >= 0.3 is 0 Å². The third-order valence-electron chi connectivity index (χ3n) is 3.32. The second-order valence-corrected chi connectivity index (χ2v) is 5.15. The molecule has 18 heavy (non-hydrogen) atoms. The first-order valence-corrected chi connectivity index (χ1v) is 7.10. The molecule has 0 bridgehead atoms. The van der Waals surface area contributed by atoms with Crippen LogP contribution in [0.25, 0.3) is 11.2 Å². The molecule has 0 fully saturated rings. The van der Waals surface area contributed by atoms with Crippen LogP contribution in [0, 0.1) is 6.92 Å². The molecule has 2 rings (SSSR count). The smallest absolute Gasteiger partial charge is 0.160 e. The van der Waals surface area contributed by atoms with Crippen molar-refractivity contribution in [3.05, 3.63) is 23.7 Å². The molecule has 0 amide bonds. The summed E-state index contributed by atoms with van der Waals surface area (Å²) in [6, 6.07) is 2.43. The number of fused-ring (bicyclic) bond motifs is 1. The maximum absolute atomic E-state index is 5.88. The van der Waals surface area contributed by atoms with E-state index in [-0.39, 0.29) is 0 Å². The number of alkyl halides is 1. The second kappa shape index (κ2) is 5.70. The molecule has 0 spiro atoms. The fourth-order valence-corrected chi connectivity index (χ4v) is 2.60. The summed E-state index contributed by atoms with van der Waals surface area (Å²) in [7, 11) is 0. The molecule has 0 saturated carbocycles. The van der Waals surface area contributed by atoms with Crippen LogP contribution >= 0.6 is 11.6 Å². The highest BCUT2D eigenvalue weighted by molar-refractivity contribution is 6.17. The molecule has 4 heteroatoms. The average Bonchev–Trinajstić information content (AvgIpc) is 2.70. The van der Waals surface area contributed by atoms with Gasteiger partial charge in [-0.2, -0.15) is 0 Å². The quantitative estimate of drug-likeness (QED) is 0.768. The molecule has 0 aliphatic heterocycles. The summed E-state index contributed by atoms with van der Waals surface area (Å²) in [6.07, 6.45) is 4.95. The molecule has 2 heterocycles. The zero-order chi connectivity index (χ0) is 13.1. The lowest BCUT2D eigenvalue weighted by Gasteiger charge is -2.15. The van der Waals surface area contributed by atoms with E-state index < -0.39 is 0 Å². The van der Waals surface area contributed by atoms with Gasteiger partial charge in [-0.15, -0.1) is 11.6 Å². The van der Waals surface area contributed by atoms with Gasteiger partial charge < -0.3 is 4.57 Å². The summed E-state index contributed by atoms with van der Waals surface area (Å²) >= 11 is 5.88. The molecule has 3 nitrogen and oxygen atoms in total. The first kappa shape index (κ1) is 13.3. The monoisotopic (exact) mass is 265 g/mol. The van der Waals surface area contributed by atoms with Crippen molar-refractivity contribution in [3.63, 3.8) is 0 Å². The first-order valence-electron chi connectivity index (χ1n) is 6.57. The summed E-state index contributed by atoms with van der Waals surface area (Å²) in [6.45, 7) is 6.51. The maximum atomic E-state index is 5.88. The van der Waals surface area contributed by atoms with Gasteiger partial charge in [0.2, 0.25) is 0 Å². The minimum atomic E-state index is 0.424. The van der Waals surface area contributed by atoms with Gasteiger partial charge in [-0.1, -0.05) is 13.3 Å². The molecule has 0 aliphatic carbocycles. The van der Waals surface area contributed by atoms with Crippen LogP contribution in [-0.2, 0) is 6.42 Å². The molecular formula is C14H20ClN3. The number of aromatic nitrogens is 3. The summed E-state index contributed by atoms with van der Waals surface area (Å²) < 4.78 is 2.26. The minimum absolute atomic E-state index is 0.424. The molecule has 98 valence electrons. The summed E-state index contributed by atoms with van der Waals surface area (Å²) in [5.74, 6) is 1.66. The van der Waals surface area contributed by atoms with Crippen LogP contribution in [0.15, 0.2) is 12.3 Å². The maximum Gasteiger partial charge on any atom is 0.160 e. The van der Waals surface area contributed by atoms with Gasteiger partial charge in [0.25, 0.3) is 0 Å². The lowest BCUT2D eigenvalue weighted by atomic mass is 10.2. The van der Waals surface area contributed by atoms with E-state index in [4.69, 9.17) is 16.6 Å². The molecule has 0 N–H and O–H groups in total. The zero-order valence-corrected chi connectivity index (χ0v) is 12.0. The Balaban J connectivity index is 2.58. The molecular weight excluding hydrogens is 246 g/mol. The number of hydrogen-bond acceptors (Lipinski definition) is 2. The molecule has 0 aromatic carbocycles. The van der Waals surface area contributed by atoms with Crippen LogP contribution in [-0.4, -0.2) is 20.4 Å². The summed E-state index contributed by atoms with van der Waals surface area (Å²) in [5, 5.41) is 0. The van der Waals surface area contributed by atoms with Crippen LogP contribution in [0.2, 0.25) is 0 Å². The number of nitrogens with zero attached hydrogens (tertiary/aromatic N) is 3. The normalized spacial score (nSPS) is 13.1. The fourth-order valence-electron chi connectivity index (χ4n) is 2.43. The Labute approximate surface area is 113 Å². The van der Waals surface area contributed by atoms with Crippen molar-refractivity contribution in [3.8, 4) is 0 Å². The minimum Gasteiger partial charge on any atom is -0.310 e. The zero-order valence-electron chi connectivity index (χ0n) is 11.3. The van der Waals surface area contributed by atoms with E-state index in [1.165, 1.54) is 5.56 Å². The third-order valence-corrected chi connectivity index (χ3v) is 3.51. The van der Waals surface area contributed by atoms with Crippen LogP contribution < -0.4 is 0 Å². The predicted molar refractivity (Wildman–Crippen MR) is 76.3 cm³/mol. The van der Waals surface area contributed by atoms with Gasteiger partial charge in [-0.25, -0.2) is 9.97 Å². The van der Waals surface area contributed by atoms with Crippen molar-refractivity contribution in [2.75, 3.05) is 5.88 Å². The predicted octanol–water partition coefficient (Wildman–Crippen LogP) is 3.88. The van der Waals surface area contributed by atoms with Crippen LogP contribution in [0.5, 0.6) is 0 Å². The second-order valence-electron chi connectivity index (χ2n) is 4.77. The van der Waals surface area contributed by atoms with Gasteiger partial charge in [0, 0.05) is 24.5 Å². The van der Waals surface area contributed by atoms with Gasteiger partial charge in [-0.3, -0.25) is 0 Å². The van der Waals surface area contributed by atoms with Crippen molar-refractivity contribution in [1.82, 2.24) is 14.5 Å². The number of hydrogen-bond donors (Lipinski definition) is 0. The van der Waals surface area contributed by atoms with E-state index in [9.17, 15) is 0 Å². The highest BCUT2D eigenvalue weighted by atomic mass is 35.5. The SMILES string of the molecule is CCCC(C)n1c(CCCl)nc2c(C)ccnc21. The van der Waals surface area contributed by atoms with E-state index in [0.717, 1.165) is 36.3 Å². The Morgan fingerprint density at radius 2 is 2.22 bits per heavy atom. The molecule has 2 aromatic rings. The Bertz CT molecular complexity index is 533. The molecule has 1 atom stereocenters. The standard InChI is InChI=1S/C14H20ClN3/c1-4-5-11(3)18-12(6-8-15)17-13-10(2)7-9-16-14(13)18/h7,9,11H,4-6,8H2,1-3H3. The van der Waals surface area contributed by atoms with E-state index in [1.54, 1.807) is 0 Å². The van der Waals surface area contributed by atoms with Crippen LogP contribution in [0.1, 0.15) is 44.1 Å². The first-order chi connectivity index (χ1) is 8.69. The molecule has 0 aliphatic rings. The lowest BCUT2D eigenvalue weighted by molar-refractivity contribution is 0.493. The van der Waals surface area contributed by atoms with Crippen molar-refractivity contribution in [1.29, 1.82) is 0 Å². The Morgan fingerprint density at radius 3 is 2.89 bits per heavy atom. The number of halogens is 1. The summed E-state index contributed by atoms with van der Waals surface area (Å²) in [5.41, 5.74) is 3.19. The topological polar surface area (TPSA) is 30.7 Å². The van der Waals surface area contributed by atoms with Gasteiger partial charge in [0.1, 0.15) is 11.3 Å². The molecule has 1 unspecified atom stereocenters. The van der Waals surface area contributed by atoms with Crippen LogP contribution in [0.3, 0.4) is 0 Å². The summed E-state index contributed by atoms with van der Waals surface area (Å²) in [4.78, 5) is 9.23. The fraction of sp³-hybridized carbons (Fsp3) is 0.571. The third kappa shape index (κ3) is 2.37. The van der Waals surface area contributed by atoms with Gasteiger partial charge in [0.15, 0.2) is 5.65 Å². The van der Waals surface area contributed by atoms with Crippen LogP contribution in [0.4, 0.5) is 0 Å². The largest absolute Gasteiger partial charge is 0.310 e. The van der Waals surface area contributed by atoms with Crippen molar-refractivity contribution in [2.24, 2.45) is 0 Å². The van der Waals surface area contributed by atoms with Crippen molar-refractivity contribution < 1.29 is 0 Å². The number of rotatable bonds is 5. The Kier molecular flexibility index (Phi) is 4.23. The van der Waals surface area contributed by atoms with Crippen molar-refractivity contribution >= 4 is 22.8 Å². The van der Waals surface area contributed by atoms with E-state index in [1.807, 2.05) is 12.3 Å².